The van der Waals surface area contributed by atoms with Crippen LogP contribution in [0.1, 0.15) is 72.2 Å². The van der Waals surface area contributed by atoms with Crippen LogP contribution in [0.5, 0.6) is 0 Å². The second-order valence-electron chi connectivity index (χ2n) is 10.1. The van der Waals surface area contributed by atoms with E-state index in [1.54, 1.807) is 0 Å². The van der Waals surface area contributed by atoms with E-state index in [2.05, 4.69) is 99.0 Å². The van der Waals surface area contributed by atoms with Gasteiger partial charge in [0, 0.05) is 4.47 Å². The Balaban J connectivity index is 2.30. The summed E-state index contributed by atoms with van der Waals surface area (Å²) < 4.78 is 14.1. The molecule has 1 aliphatic rings. The zero-order chi connectivity index (χ0) is 22.9. The fourth-order valence-corrected chi connectivity index (χ4v) is 5.27. The average molecular weight is 471 g/mol. The molecule has 2 nitrogen and oxygen atoms in total. The first-order valence-electron chi connectivity index (χ1n) is 10.9. The summed E-state index contributed by atoms with van der Waals surface area (Å²) in [5, 5.41) is 0. The summed E-state index contributed by atoms with van der Waals surface area (Å²) in [5.74, 6) is 0. The summed E-state index contributed by atoms with van der Waals surface area (Å²) in [6.45, 7) is 26.3. The summed E-state index contributed by atoms with van der Waals surface area (Å²) in [4.78, 5) is 0. The molecular formula is C26H36BBrO2. The molecule has 2 aromatic carbocycles. The number of halogens is 1. The lowest BCUT2D eigenvalue weighted by Gasteiger charge is -2.32. The van der Waals surface area contributed by atoms with E-state index in [4.69, 9.17) is 9.31 Å². The van der Waals surface area contributed by atoms with E-state index in [0.717, 1.165) is 0 Å². The van der Waals surface area contributed by atoms with Crippen LogP contribution in [-0.2, 0) is 9.31 Å². The van der Waals surface area contributed by atoms with E-state index in [-0.39, 0.29) is 18.3 Å². The lowest BCUT2D eigenvalue weighted by molar-refractivity contribution is 0.00578. The molecule has 2 aromatic rings. The second-order valence-corrected chi connectivity index (χ2v) is 10.9. The third kappa shape index (κ3) is 3.31. The third-order valence-electron chi connectivity index (χ3n) is 7.96. The Bertz CT molecular complexity index is 976. The molecule has 0 atom stereocenters. The van der Waals surface area contributed by atoms with E-state index >= 15 is 0 Å². The molecule has 0 radical (unpaired) electrons. The monoisotopic (exact) mass is 470 g/mol. The first-order valence-corrected chi connectivity index (χ1v) is 11.7. The van der Waals surface area contributed by atoms with Crippen molar-refractivity contribution in [1.82, 2.24) is 0 Å². The number of rotatable bonds is 2. The minimum Gasteiger partial charge on any atom is -0.399 e. The molecule has 30 heavy (non-hydrogen) atoms. The smallest absolute Gasteiger partial charge is 0.399 e. The average Bonchev–Trinajstić information content (AvgIpc) is 2.86. The van der Waals surface area contributed by atoms with Crippen molar-refractivity contribution in [2.24, 2.45) is 0 Å². The Kier molecular flexibility index (Phi) is 5.89. The van der Waals surface area contributed by atoms with Gasteiger partial charge in [0.25, 0.3) is 0 Å². The fourth-order valence-electron chi connectivity index (χ4n) is 4.67. The van der Waals surface area contributed by atoms with Crippen molar-refractivity contribution in [1.29, 1.82) is 0 Å². The van der Waals surface area contributed by atoms with E-state index in [1.807, 2.05) is 0 Å². The Labute approximate surface area is 192 Å². The lowest BCUT2D eigenvalue weighted by Crippen LogP contribution is -2.41. The van der Waals surface area contributed by atoms with Gasteiger partial charge in [-0.05, 0) is 144 Å². The van der Waals surface area contributed by atoms with Gasteiger partial charge in [0.2, 0.25) is 0 Å². The van der Waals surface area contributed by atoms with Crippen LogP contribution in [-0.4, -0.2) is 18.3 Å². The predicted molar refractivity (Wildman–Crippen MR) is 133 cm³/mol. The molecule has 4 heteroatoms. The summed E-state index contributed by atoms with van der Waals surface area (Å²) in [7, 11) is -0.336. The van der Waals surface area contributed by atoms with Crippen LogP contribution in [0.2, 0.25) is 0 Å². The molecular weight excluding hydrogens is 435 g/mol. The van der Waals surface area contributed by atoms with Crippen LogP contribution in [0.3, 0.4) is 0 Å². The molecule has 162 valence electrons. The van der Waals surface area contributed by atoms with Gasteiger partial charge in [0.15, 0.2) is 0 Å². The molecule has 0 bridgehead atoms. The second kappa shape index (κ2) is 7.50. The first-order chi connectivity index (χ1) is 13.6. The molecule has 1 saturated heterocycles. The van der Waals surface area contributed by atoms with Crippen LogP contribution in [0.25, 0.3) is 11.1 Å². The van der Waals surface area contributed by atoms with Crippen molar-refractivity contribution in [2.45, 2.75) is 94.3 Å². The molecule has 0 N–H and O–H groups in total. The van der Waals surface area contributed by atoms with Gasteiger partial charge in [-0.1, -0.05) is 15.9 Å². The normalized spacial score (nSPS) is 17.7. The Hall–Kier alpha value is -1.10. The molecule has 1 fully saturated rings. The topological polar surface area (TPSA) is 18.5 Å². The van der Waals surface area contributed by atoms with Crippen molar-refractivity contribution in [3.05, 3.63) is 49.0 Å². The highest BCUT2D eigenvalue weighted by atomic mass is 79.9. The van der Waals surface area contributed by atoms with Crippen LogP contribution < -0.4 is 5.46 Å². The lowest BCUT2D eigenvalue weighted by atomic mass is 9.69. The number of hydrogen-bond donors (Lipinski definition) is 0. The molecule has 3 rings (SSSR count). The molecule has 0 spiro atoms. The van der Waals surface area contributed by atoms with Gasteiger partial charge in [-0.2, -0.15) is 0 Å². The van der Waals surface area contributed by atoms with Crippen molar-refractivity contribution < 1.29 is 9.31 Å². The summed E-state index contributed by atoms with van der Waals surface area (Å²) in [6.07, 6.45) is 0. The van der Waals surface area contributed by atoms with Gasteiger partial charge in [0.05, 0.1) is 11.2 Å². The van der Waals surface area contributed by atoms with E-state index in [1.165, 1.54) is 65.6 Å². The molecule has 0 unspecified atom stereocenters. The highest BCUT2D eigenvalue weighted by Crippen LogP contribution is 2.42. The minimum atomic E-state index is -0.343. The zero-order valence-electron chi connectivity index (χ0n) is 20.8. The third-order valence-corrected chi connectivity index (χ3v) is 9.14. The van der Waals surface area contributed by atoms with E-state index < -0.39 is 0 Å². The maximum Gasteiger partial charge on any atom is 0.495 e. The fraction of sp³-hybridized carbons (Fsp3) is 0.538. The van der Waals surface area contributed by atoms with Gasteiger partial charge in [-0.25, -0.2) is 0 Å². The molecule has 0 aliphatic carbocycles. The van der Waals surface area contributed by atoms with Gasteiger partial charge in [-0.3, -0.25) is 0 Å². The van der Waals surface area contributed by atoms with Crippen molar-refractivity contribution in [3.63, 3.8) is 0 Å². The summed E-state index contributed by atoms with van der Waals surface area (Å²) in [6, 6.07) is 0. The van der Waals surface area contributed by atoms with E-state index in [9.17, 15) is 0 Å². The maximum atomic E-state index is 6.44. The van der Waals surface area contributed by atoms with Crippen LogP contribution in [0, 0.1) is 55.4 Å². The zero-order valence-corrected chi connectivity index (χ0v) is 22.4. The maximum absolute atomic E-state index is 6.44. The predicted octanol–water partition coefficient (Wildman–Crippen LogP) is 6.88. The van der Waals surface area contributed by atoms with Gasteiger partial charge in [-0.15, -0.1) is 0 Å². The summed E-state index contributed by atoms with van der Waals surface area (Å²) >= 11 is 3.80. The quantitative estimate of drug-likeness (QED) is 0.445. The molecule has 0 aromatic heterocycles. The van der Waals surface area contributed by atoms with Gasteiger partial charge in [0.1, 0.15) is 0 Å². The number of benzene rings is 2. The Morgan fingerprint density at radius 2 is 0.833 bits per heavy atom. The first kappa shape index (κ1) is 23.6. The SMILES string of the molecule is Cc1c(C)c(-c2c(C)c(C)c(B3OC(C)(C)C(C)(C)O3)c(C)c2C)c(C)c(C)c1Br. The van der Waals surface area contributed by atoms with Crippen LogP contribution in [0.15, 0.2) is 4.47 Å². The van der Waals surface area contributed by atoms with Crippen LogP contribution >= 0.6 is 15.9 Å². The Morgan fingerprint density at radius 1 is 0.533 bits per heavy atom. The van der Waals surface area contributed by atoms with Crippen molar-refractivity contribution in [3.8, 4) is 11.1 Å². The van der Waals surface area contributed by atoms with Crippen molar-refractivity contribution >= 4 is 28.5 Å². The van der Waals surface area contributed by atoms with E-state index in [0.29, 0.717) is 0 Å². The number of hydrogen-bond acceptors (Lipinski definition) is 2. The standard InChI is InChI=1S/C26H36BBrO2/c1-13-17(5)23(27-29-25(9,10)26(11,12)30-27)18(6)14(2)21(13)22-15(3)19(7)24(28)20(8)16(22)4/h1-12H3. The van der Waals surface area contributed by atoms with Gasteiger partial charge >= 0.3 is 7.12 Å². The Morgan fingerprint density at radius 3 is 1.17 bits per heavy atom. The largest absolute Gasteiger partial charge is 0.495 e. The molecule has 1 heterocycles. The van der Waals surface area contributed by atoms with Crippen molar-refractivity contribution in [2.75, 3.05) is 0 Å². The molecule has 0 saturated carbocycles. The van der Waals surface area contributed by atoms with Gasteiger partial charge < -0.3 is 9.31 Å². The molecule has 1 aliphatic heterocycles. The summed E-state index contributed by atoms with van der Waals surface area (Å²) in [5.41, 5.74) is 13.7. The minimum absolute atomic E-state index is 0.336. The highest BCUT2D eigenvalue weighted by Gasteiger charge is 2.52. The molecule has 0 amide bonds. The van der Waals surface area contributed by atoms with Crippen LogP contribution in [0.4, 0.5) is 0 Å². The highest BCUT2D eigenvalue weighted by molar-refractivity contribution is 9.10.